The molecule has 0 spiro atoms. The molecule has 0 amide bonds. The average molecular weight is 571 g/mol. The summed E-state index contributed by atoms with van der Waals surface area (Å²) in [6.45, 7) is 11.0. The number of rotatable bonds is 34. The lowest BCUT2D eigenvalue weighted by molar-refractivity contribution is -0.145. The third-order valence-electron chi connectivity index (χ3n) is 4.94. The van der Waals surface area contributed by atoms with Crippen LogP contribution in [0.3, 0.4) is 0 Å². The molecule has 39 heavy (non-hydrogen) atoms. The normalized spacial score (nSPS) is 11.3. The van der Waals surface area contributed by atoms with Crippen molar-refractivity contribution in [1.29, 1.82) is 0 Å². The second kappa shape index (κ2) is 35.1. The molecule has 0 atom stereocenters. The zero-order valence-corrected chi connectivity index (χ0v) is 24.1. The van der Waals surface area contributed by atoms with Gasteiger partial charge in [0.25, 0.3) is 0 Å². The molecular weight excluding hydrogens is 516 g/mol. The summed E-state index contributed by atoms with van der Waals surface area (Å²) in [5.74, 6) is -0.153. The van der Waals surface area contributed by atoms with Crippen molar-refractivity contribution in [3.63, 3.8) is 0 Å². The molecule has 0 saturated carbocycles. The fourth-order valence-electron chi connectivity index (χ4n) is 2.91. The van der Waals surface area contributed by atoms with Crippen molar-refractivity contribution >= 4 is 5.97 Å². The number of aliphatic hydroxyl groups excluding tert-OH is 1. The lowest BCUT2D eigenvalue weighted by Gasteiger charge is -2.09. The maximum atomic E-state index is 11.5. The van der Waals surface area contributed by atoms with E-state index in [2.05, 4.69) is 6.92 Å². The highest BCUT2D eigenvalue weighted by atomic mass is 16.6. The Morgan fingerprint density at radius 2 is 0.744 bits per heavy atom. The summed E-state index contributed by atoms with van der Waals surface area (Å²) in [7, 11) is 0. The van der Waals surface area contributed by atoms with E-state index in [1.807, 2.05) is 0 Å². The molecule has 0 aromatic carbocycles. The molecule has 0 fully saturated rings. The van der Waals surface area contributed by atoms with Gasteiger partial charge in [-0.05, 0) is 6.42 Å². The minimum atomic E-state index is -0.153. The number of hydrogen-bond acceptors (Lipinski definition) is 12. The summed E-state index contributed by atoms with van der Waals surface area (Å²) >= 11 is 0. The van der Waals surface area contributed by atoms with Crippen molar-refractivity contribution in [1.82, 2.24) is 0 Å². The quantitative estimate of drug-likeness (QED) is 0.0892. The highest BCUT2D eigenvalue weighted by Crippen LogP contribution is 2.03. The monoisotopic (exact) mass is 570 g/mol. The molecule has 0 aromatic heterocycles. The first-order valence-electron chi connectivity index (χ1n) is 14.3. The SMILES string of the molecule is CCCCCCC(=O)OCCOCCOCCOCCOCCOCCOCCOCCOCCOCCO. The van der Waals surface area contributed by atoms with Crippen LogP contribution in [0.5, 0.6) is 0 Å². The molecule has 0 heterocycles. The maximum absolute atomic E-state index is 11.5. The van der Waals surface area contributed by atoms with E-state index in [0.717, 1.165) is 25.7 Å². The van der Waals surface area contributed by atoms with Crippen LogP contribution < -0.4 is 0 Å². The van der Waals surface area contributed by atoms with Gasteiger partial charge in [-0.3, -0.25) is 4.79 Å². The largest absolute Gasteiger partial charge is 0.463 e. The Kier molecular flexibility index (Phi) is 34.3. The molecule has 0 radical (unpaired) electrons. The van der Waals surface area contributed by atoms with Crippen LogP contribution >= 0.6 is 0 Å². The van der Waals surface area contributed by atoms with Crippen LogP contribution in [0, 0.1) is 0 Å². The topological polar surface area (TPSA) is 130 Å². The third kappa shape index (κ3) is 35.0. The molecule has 0 bridgehead atoms. The van der Waals surface area contributed by atoms with Gasteiger partial charge in [0.2, 0.25) is 0 Å². The Morgan fingerprint density at radius 1 is 0.436 bits per heavy atom. The standard InChI is InChI=1S/C27H54O12/c1-2-3-4-5-6-27(29)39-26-25-38-24-23-37-22-21-36-20-19-35-18-17-34-16-15-33-14-13-32-12-11-31-10-9-30-8-7-28/h28H,2-26H2,1H3. The van der Waals surface area contributed by atoms with Gasteiger partial charge in [0.15, 0.2) is 0 Å². The second-order valence-corrected chi connectivity index (χ2v) is 8.27. The van der Waals surface area contributed by atoms with E-state index in [1.165, 1.54) is 0 Å². The van der Waals surface area contributed by atoms with E-state index in [1.54, 1.807) is 0 Å². The molecular formula is C27H54O12. The van der Waals surface area contributed by atoms with Crippen molar-refractivity contribution in [2.75, 3.05) is 132 Å². The van der Waals surface area contributed by atoms with Crippen molar-refractivity contribution in [2.24, 2.45) is 0 Å². The Morgan fingerprint density at radius 3 is 1.05 bits per heavy atom. The highest BCUT2D eigenvalue weighted by Gasteiger charge is 2.02. The van der Waals surface area contributed by atoms with Gasteiger partial charge in [-0.25, -0.2) is 0 Å². The van der Waals surface area contributed by atoms with Gasteiger partial charge < -0.3 is 52.5 Å². The molecule has 0 saturated heterocycles. The highest BCUT2D eigenvalue weighted by molar-refractivity contribution is 5.69. The third-order valence-corrected chi connectivity index (χ3v) is 4.94. The number of unbranched alkanes of at least 4 members (excludes halogenated alkanes) is 3. The molecule has 0 aliphatic rings. The summed E-state index contributed by atoms with van der Waals surface area (Å²) in [5, 5.41) is 8.56. The lowest BCUT2D eigenvalue weighted by Crippen LogP contribution is -2.15. The summed E-state index contributed by atoms with van der Waals surface area (Å²) < 4.78 is 53.5. The first-order valence-corrected chi connectivity index (χ1v) is 14.3. The van der Waals surface area contributed by atoms with Gasteiger partial charge in [-0.15, -0.1) is 0 Å². The molecule has 0 rings (SSSR count). The number of hydrogen-bond donors (Lipinski definition) is 1. The second-order valence-electron chi connectivity index (χ2n) is 8.27. The lowest BCUT2D eigenvalue weighted by atomic mass is 10.2. The predicted molar refractivity (Wildman–Crippen MR) is 144 cm³/mol. The van der Waals surface area contributed by atoms with E-state index in [4.69, 9.17) is 52.5 Å². The van der Waals surface area contributed by atoms with Crippen LogP contribution in [-0.4, -0.2) is 143 Å². The number of carbonyl (C=O) groups is 1. The minimum Gasteiger partial charge on any atom is -0.463 e. The summed E-state index contributed by atoms with van der Waals surface area (Å²) in [6, 6.07) is 0. The molecule has 12 nitrogen and oxygen atoms in total. The summed E-state index contributed by atoms with van der Waals surface area (Å²) in [4.78, 5) is 11.5. The van der Waals surface area contributed by atoms with Crippen molar-refractivity contribution in [2.45, 2.75) is 39.0 Å². The molecule has 0 aliphatic heterocycles. The van der Waals surface area contributed by atoms with Crippen LogP contribution in [0.4, 0.5) is 0 Å². The number of carbonyl (C=O) groups excluding carboxylic acids is 1. The minimum absolute atomic E-state index is 0.0247. The fraction of sp³-hybridized carbons (Fsp3) is 0.963. The first-order chi connectivity index (χ1) is 19.3. The van der Waals surface area contributed by atoms with Gasteiger partial charge in [0, 0.05) is 6.42 Å². The van der Waals surface area contributed by atoms with Crippen molar-refractivity contribution in [3.8, 4) is 0 Å². The van der Waals surface area contributed by atoms with Gasteiger partial charge >= 0.3 is 5.97 Å². The van der Waals surface area contributed by atoms with Crippen LogP contribution in [-0.2, 0) is 52.2 Å². The first kappa shape index (κ1) is 38.1. The van der Waals surface area contributed by atoms with Crippen molar-refractivity contribution in [3.05, 3.63) is 0 Å². The maximum Gasteiger partial charge on any atom is 0.305 e. The summed E-state index contributed by atoms with van der Waals surface area (Å²) in [5.41, 5.74) is 0. The molecule has 0 unspecified atom stereocenters. The Balaban J connectivity index is 3.07. The van der Waals surface area contributed by atoms with Crippen molar-refractivity contribution < 1.29 is 57.3 Å². The average Bonchev–Trinajstić information content (AvgIpc) is 2.94. The van der Waals surface area contributed by atoms with Gasteiger partial charge in [-0.1, -0.05) is 26.2 Å². The van der Waals surface area contributed by atoms with E-state index in [0.29, 0.717) is 125 Å². The van der Waals surface area contributed by atoms with Gasteiger partial charge in [0.05, 0.1) is 126 Å². The Bertz CT molecular complexity index is 470. The zero-order chi connectivity index (χ0) is 28.3. The van der Waals surface area contributed by atoms with E-state index in [9.17, 15) is 4.79 Å². The van der Waals surface area contributed by atoms with Gasteiger partial charge in [0.1, 0.15) is 6.61 Å². The Labute approximate surface area is 234 Å². The molecule has 0 aliphatic carbocycles. The van der Waals surface area contributed by atoms with E-state index < -0.39 is 0 Å². The van der Waals surface area contributed by atoms with Crippen LogP contribution in [0.2, 0.25) is 0 Å². The molecule has 234 valence electrons. The van der Waals surface area contributed by atoms with E-state index >= 15 is 0 Å². The zero-order valence-electron chi connectivity index (χ0n) is 24.1. The van der Waals surface area contributed by atoms with Crippen LogP contribution in [0.15, 0.2) is 0 Å². The molecule has 1 N–H and O–H groups in total. The Hall–Kier alpha value is -0.930. The van der Waals surface area contributed by atoms with Gasteiger partial charge in [-0.2, -0.15) is 0 Å². The van der Waals surface area contributed by atoms with E-state index in [-0.39, 0.29) is 19.2 Å². The molecule has 0 aromatic rings. The van der Waals surface area contributed by atoms with Crippen LogP contribution in [0.1, 0.15) is 39.0 Å². The smallest absolute Gasteiger partial charge is 0.305 e. The predicted octanol–water partition coefficient (Wildman–Crippen LogP) is 1.64. The number of esters is 1. The summed E-state index contributed by atoms with van der Waals surface area (Å²) in [6.07, 6.45) is 4.76. The number of ether oxygens (including phenoxy) is 10. The fourth-order valence-corrected chi connectivity index (χ4v) is 2.91. The molecule has 12 heteroatoms. The number of aliphatic hydroxyl groups is 1. The van der Waals surface area contributed by atoms with Crippen LogP contribution in [0.25, 0.3) is 0 Å².